The average Bonchev–Trinajstić information content (AvgIpc) is 2.42. The van der Waals surface area contributed by atoms with Gasteiger partial charge < -0.3 is 10.1 Å². The molecule has 106 valence electrons. The van der Waals surface area contributed by atoms with Gasteiger partial charge in [0, 0.05) is 21.8 Å². The Labute approximate surface area is 131 Å². The third-order valence-electron chi connectivity index (χ3n) is 2.98. The summed E-state index contributed by atoms with van der Waals surface area (Å²) in [5, 5.41) is 3.83. The zero-order valence-corrected chi connectivity index (χ0v) is 13.4. The van der Waals surface area contributed by atoms with Crippen molar-refractivity contribution in [3.05, 3.63) is 57.3 Å². The summed E-state index contributed by atoms with van der Waals surface area (Å²) in [7, 11) is 1.51. The maximum atomic E-state index is 14.0. The summed E-state index contributed by atoms with van der Waals surface area (Å²) in [4.78, 5) is 0. The summed E-state index contributed by atoms with van der Waals surface area (Å²) in [6.07, 6.45) is 0. The molecular formula is C15H14BrClFNO. The first-order valence-corrected chi connectivity index (χ1v) is 7.23. The molecule has 20 heavy (non-hydrogen) atoms. The molecule has 1 N–H and O–H groups in total. The highest BCUT2D eigenvalue weighted by atomic mass is 79.9. The Morgan fingerprint density at radius 1 is 1.25 bits per heavy atom. The molecule has 0 amide bonds. The highest BCUT2D eigenvalue weighted by molar-refractivity contribution is 9.10. The molecular weight excluding hydrogens is 345 g/mol. The molecule has 0 fully saturated rings. The van der Waals surface area contributed by atoms with E-state index in [0.29, 0.717) is 16.3 Å². The lowest BCUT2D eigenvalue weighted by Crippen LogP contribution is -2.08. The molecule has 0 aromatic heterocycles. The molecule has 0 bridgehead atoms. The molecule has 2 aromatic rings. The van der Waals surface area contributed by atoms with Crippen LogP contribution in [0.1, 0.15) is 18.5 Å². The molecule has 0 aliphatic carbocycles. The molecule has 2 aromatic carbocycles. The van der Waals surface area contributed by atoms with E-state index >= 15 is 0 Å². The lowest BCUT2D eigenvalue weighted by Gasteiger charge is -2.17. The Bertz CT molecular complexity index is 621. The highest BCUT2D eigenvalue weighted by Gasteiger charge is 2.12. The van der Waals surface area contributed by atoms with Crippen LogP contribution in [0.15, 0.2) is 40.9 Å². The maximum Gasteiger partial charge on any atom is 0.132 e. The van der Waals surface area contributed by atoms with Crippen LogP contribution in [0.2, 0.25) is 5.02 Å². The Kier molecular flexibility index (Phi) is 4.89. The predicted octanol–water partition coefficient (Wildman–Crippen LogP) is 5.42. The lowest BCUT2D eigenvalue weighted by atomic mass is 10.1. The number of rotatable bonds is 4. The second kappa shape index (κ2) is 6.46. The van der Waals surface area contributed by atoms with Gasteiger partial charge in [-0.25, -0.2) is 4.39 Å². The zero-order chi connectivity index (χ0) is 14.7. The number of hydrogen-bond acceptors (Lipinski definition) is 2. The van der Waals surface area contributed by atoms with Gasteiger partial charge in [0.2, 0.25) is 0 Å². The fraction of sp³-hybridized carbons (Fsp3) is 0.200. The summed E-state index contributed by atoms with van der Waals surface area (Å²) in [5.74, 6) is 0.206. The van der Waals surface area contributed by atoms with Crippen LogP contribution in [-0.2, 0) is 0 Å². The van der Waals surface area contributed by atoms with E-state index < -0.39 is 0 Å². The van der Waals surface area contributed by atoms with Crippen molar-refractivity contribution in [3.63, 3.8) is 0 Å². The average molecular weight is 359 g/mol. The van der Waals surface area contributed by atoms with E-state index in [0.717, 1.165) is 10.2 Å². The number of anilines is 1. The van der Waals surface area contributed by atoms with Crippen LogP contribution >= 0.6 is 27.5 Å². The highest BCUT2D eigenvalue weighted by Crippen LogP contribution is 2.29. The Balaban J connectivity index is 2.19. The van der Waals surface area contributed by atoms with Crippen molar-refractivity contribution < 1.29 is 9.13 Å². The van der Waals surface area contributed by atoms with Crippen molar-refractivity contribution in [2.24, 2.45) is 0 Å². The first kappa shape index (κ1) is 15.1. The number of hydrogen-bond donors (Lipinski definition) is 1. The number of ether oxygens (including phenoxy) is 1. The summed E-state index contributed by atoms with van der Waals surface area (Å²) in [5.41, 5.74) is 1.41. The standard InChI is InChI=1S/C15H14BrClFNO/c1-9(12-5-4-11(20-2)8-15(12)18)19-10-3-6-13(16)14(17)7-10/h3-9,19H,1-2H3. The van der Waals surface area contributed by atoms with Crippen molar-refractivity contribution in [1.29, 1.82) is 0 Å². The summed E-state index contributed by atoms with van der Waals surface area (Å²) in [6, 6.07) is 10.2. The smallest absolute Gasteiger partial charge is 0.132 e. The molecule has 2 nitrogen and oxygen atoms in total. The first-order chi connectivity index (χ1) is 9.51. The van der Waals surface area contributed by atoms with Gasteiger partial charge in [0.25, 0.3) is 0 Å². The lowest BCUT2D eigenvalue weighted by molar-refractivity contribution is 0.410. The van der Waals surface area contributed by atoms with Crippen LogP contribution in [0.4, 0.5) is 10.1 Å². The van der Waals surface area contributed by atoms with Gasteiger partial charge in [-0.15, -0.1) is 0 Å². The molecule has 1 unspecified atom stereocenters. The molecule has 0 aliphatic rings. The SMILES string of the molecule is COc1ccc(C(C)Nc2ccc(Br)c(Cl)c2)c(F)c1. The van der Waals surface area contributed by atoms with Crippen LogP contribution in [-0.4, -0.2) is 7.11 Å². The normalized spacial score (nSPS) is 12.1. The Morgan fingerprint density at radius 3 is 2.60 bits per heavy atom. The predicted molar refractivity (Wildman–Crippen MR) is 84.1 cm³/mol. The fourth-order valence-electron chi connectivity index (χ4n) is 1.90. The first-order valence-electron chi connectivity index (χ1n) is 6.06. The van der Waals surface area contributed by atoms with E-state index in [2.05, 4.69) is 21.2 Å². The van der Waals surface area contributed by atoms with E-state index in [1.54, 1.807) is 18.2 Å². The molecule has 5 heteroatoms. The Hall–Kier alpha value is -1.26. The summed E-state index contributed by atoms with van der Waals surface area (Å²) < 4.78 is 19.8. The van der Waals surface area contributed by atoms with Crippen molar-refractivity contribution in [2.75, 3.05) is 12.4 Å². The third-order valence-corrected chi connectivity index (χ3v) is 4.21. The van der Waals surface area contributed by atoms with Gasteiger partial charge >= 0.3 is 0 Å². The van der Waals surface area contributed by atoms with Crippen LogP contribution in [0.3, 0.4) is 0 Å². The van der Waals surface area contributed by atoms with E-state index in [-0.39, 0.29) is 11.9 Å². The minimum absolute atomic E-state index is 0.182. The maximum absolute atomic E-state index is 14.0. The largest absolute Gasteiger partial charge is 0.497 e. The molecule has 0 saturated heterocycles. The molecule has 0 radical (unpaired) electrons. The van der Waals surface area contributed by atoms with Gasteiger partial charge in [-0.1, -0.05) is 17.7 Å². The van der Waals surface area contributed by atoms with Gasteiger partial charge in [0.1, 0.15) is 11.6 Å². The van der Waals surface area contributed by atoms with Crippen LogP contribution in [0.5, 0.6) is 5.75 Å². The molecule has 0 aliphatic heterocycles. The number of methoxy groups -OCH3 is 1. The van der Waals surface area contributed by atoms with Crippen molar-refractivity contribution in [2.45, 2.75) is 13.0 Å². The minimum Gasteiger partial charge on any atom is -0.497 e. The van der Waals surface area contributed by atoms with E-state index in [1.165, 1.54) is 13.2 Å². The minimum atomic E-state index is -0.299. The van der Waals surface area contributed by atoms with Crippen LogP contribution in [0.25, 0.3) is 0 Å². The van der Waals surface area contributed by atoms with Gasteiger partial charge in [-0.3, -0.25) is 0 Å². The van der Waals surface area contributed by atoms with Gasteiger partial charge in [0.15, 0.2) is 0 Å². The molecule has 2 rings (SSSR count). The van der Waals surface area contributed by atoms with Gasteiger partial charge in [0.05, 0.1) is 18.2 Å². The fourth-order valence-corrected chi connectivity index (χ4v) is 2.33. The Morgan fingerprint density at radius 2 is 2.00 bits per heavy atom. The second-order valence-electron chi connectivity index (χ2n) is 4.38. The molecule has 0 saturated carbocycles. The second-order valence-corrected chi connectivity index (χ2v) is 5.64. The van der Waals surface area contributed by atoms with E-state index in [9.17, 15) is 4.39 Å². The summed E-state index contributed by atoms with van der Waals surface area (Å²) >= 11 is 9.37. The number of halogens is 3. The van der Waals surface area contributed by atoms with Crippen molar-refractivity contribution >= 4 is 33.2 Å². The molecule has 0 spiro atoms. The third kappa shape index (κ3) is 3.44. The number of benzene rings is 2. The van der Waals surface area contributed by atoms with Crippen LogP contribution in [0, 0.1) is 5.82 Å². The number of nitrogens with one attached hydrogen (secondary N) is 1. The monoisotopic (exact) mass is 357 g/mol. The summed E-state index contributed by atoms with van der Waals surface area (Å²) in [6.45, 7) is 1.89. The zero-order valence-electron chi connectivity index (χ0n) is 11.1. The quantitative estimate of drug-likeness (QED) is 0.787. The van der Waals surface area contributed by atoms with E-state index in [1.807, 2.05) is 19.1 Å². The molecule has 1 atom stereocenters. The van der Waals surface area contributed by atoms with Crippen molar-refractivity contribution in [1.82, 2.24) is 0 Å². The van der Waals surface area contributed by atoms with Crippen molar-refractivity contribution in [3.8, 4) is 5.75 Å². The van der Waals surface area contributed by atoms with E-state index in [4.69, 9.17) is 16.3 Å². The van der Waals surface area contributed by atoms with Gasteiger partial charge in [-0.05, 0) is 47.1 Å². The topological polar surface area (TPSA) is 21.3 Å². The van der Waals surface area contributed by atoms with Crippen LogP contribution < -0.4 is 10.1 Å². The van der Waals surface area contributed by atoms with Gasteiger partial charge in [-0.2, -0.15) is 0 Å². The molecule has 0 heterocycles.